The highest BCUT2D eigenvalue weighted by molar-refractivity contribution is 5.44. The van der Waals surface area contributed by atoms with E-state index in [0.29, 0.717) is 22.9 Å². The van der Waals surface area contributed by atoms with Crippen molar-refractivity contribution in [1.29, 1.82) is 0 Å². The number of rotatable bonds is 5. The fraction of sp³-hybridized carbons (Fsp3) is 0.0833. The van der Waals surface area contributed by atoms with Crippen LogP contribution in [0.1, 0.15) is 11.5 Å². The van der Waals surface area contributed by atoms with Gasteiger partial charge in [0.15, 0.2) is 0 Å². The van der Waals surface area contributed by atoms with Crippen LogP contribution in [0.4, 0.5) is 11.4 Å². The molecule has 0 amide bonds. The second kappa shape index (κ2) is 7.53. The standard InChI is InChI=1S/C24H22N2O2/c25-20-6-10-22(11-7-20)27-24(28-23-12-8-21(26)9-13-23)16-14-19(15-17-24)18-4-2-1-3-5-18/h1-17,19H,25-26H2. The quantitative estimate of drug-likeness (QED) is 0.380. The molecule has 0 bridgehead atoms. The van der Waals surface area contributed by atoms with E-state index < -0.39 is 5.79 Å². The number of hydrogen-bond acceptors (Lipinski definition) is 4. The van der Waals surface area contributed by atoms with Crippen LogP contribution in [0.25, 0.3) is 0 Å². The molecule has 0 radical (unpaired) electrons. The molecular weight excluding hydrogens is 348 g/mol. The predicted octanol–water partition coefficient (Wildman–Crippen LogP) is 4.91. The minimum absolute atomic E-state index is 0.166. The van der Waals surface area contributed by atoms with Crippen LogP contribution in [-0.2, 0) is 0 Å². The van der Waals surface area contributed by atoms with Crippen molar-refractivity contribution >= 4 is 11.4 Å². The van der Waals surface area contributed by atoms with E-state index in [1.807, 2.05) is 54.6 Å². The summed E-state index contributed by atoms with van der Waals surface area (Å²) in [4.78, 5) is 0. The van der Waals surface area contributed by atoms with E-state index in [2.05, 4.69) is 24.3 Å². The zero-order valence-corrected chi connectivity index (χ0v) is 15.4. The highest BCUT2D eigenvalue weighted by atomic mass is 16.7. The van der Waals surface area contributed by atoms with E-state index in [1.54, 1.807) is 24.3 Å². The Labute approximate surface area is 164 Å². The summed E-state index contributed by atoms with van der Waals surface area (Å²) >= 11 is 0. The number of hydrogen-bond donors (Lipinski definition) is 2. The van der Waals surface area contributed by atoms with Gasteiger partial charge in [-0.2, -0.15) is 0 Å². The van der Waals surface area contributed by atoms with Crippen LogP contribution in [0.3, 0.4) is 0 Å². The number of nitrogens with two attached hydrogens (primary N) is 2. The number of benzene rings is 3. The van der Waals surface area contributed by atoms with Gasteiger partial charge in [0.2, 0.25) is 0 Å². The first-order valence-corrected chi connectivity index (χ1v) is 9.15. The van der Waals surface area contributed by atoms with Gasteiger partial charge in [-0.05, 0) is 54.1 Å². The monoisotopic (exact) mass is 370 g/mol. The lowest BCUT2D eigenvalue weighted by atomic mass is 9.93. The molecule has 28 heavy (non-hydrogen) atoms. The highest BCUT2D eigenvalue weighted by Gasteiger charge is 2.32. The average Bonchev–Trinajstić information content (AvgIpc) is 2.73. The van der Waals surface area contributed by atoms with Crippen LogP contribution in [0.2, 0.25) is 0 Å². The summed E-state index contributed by atoms with van der Waals surface area (Å²) in [6.45, 7) is 0. The fourth-order valence-electron chi connectivity index (χ4n) is 3.09. The Kier molecular flexibility index (Phi) is 4.77. The Bertz CT molecular complexity index is 914. The summed E-state index contributed by atoms with van der Waals surface area (Å²) in [5.74, 6) is 0.436. The molecule has 4 rings (SSSR count). The van der Waals surface area contributed by atoms with Crippen molar-refractivity contribution in [1.82, 2.24) is 0 Å². The molecule has 3 aromatic rings. The summed E-state index contributed by atoms with van der Waals surface area (Å²) in [5.41, 5.74) is 14.1. The second-order valence-electron chi connectivity index (χ2n) is 6.72. The van der Waals surface area contributed by atoms with Gasteiger partial charge in [-0.3, -0.25) is 0 Å². The van der Waals surface area contributed by atoms with Crippen LogP contribution in [0, 0.1) is 0 Å². The van der Waals surface area contributed by atoms with Gasteiger partial charge in [0.25, 0.3) is 5.79 Å². The molecule has 0 heterocycles. The summed E-state index contributed by atoms with van der Waals surface area (Å²) in [7, 11) is 0. The van der Waals surface area contributed by atoms with Crippen molar-refractivity contribution in [2.24, 2.45) is 0 Å². The van der Waals surface area contributed by atoms with Crippen LogP contribution in [0.5, 0.6) is 11.5 Å². The van der Waals surface area contributed by atoms with Crippen molar-refractivity contribution in [2.75, 3.05) is 11.5 Å². The third-order valence-electron chi connectivity index (χ3n) is 4.57. The molecule has 0 aromatic heterocycles. The molecular formula is C24H22N2O2. The summed E-state index contributed by atoms with van der Waals surface area (Å²) in [5, 5.41) is 0. The smallest absolute Gasteiger partial charge is 0.291 e. The maximum absolute atomic E-state index is 6.23. The molecule has 0 saturated carbocycles. The lowest BCUT2D eigenvalue weighted by molar-refractivity contribution is -0.0291. The highest BCUT2D eigenvalue weighted by Crippen LogP contribution is 2.32. The zero-order chi connectivity index (χ0) is 19.4. The molecule has 0 aliphatic heterocycles. The van der Waals surface area contributed by atoms with Gasteiger partial charge in [0, 0.05) is 29.4 Å². The predicted molar refractivity (Wildman–Crippen MR) is 113 cm³/mol. The van der Waals surface area contributed by atoms with E-state index in [9.17, 15) is 0 Å². The lowest BCUT2D eigenvalue weighted by Crippen LogP contribution is -2.39. The topological polar surface area (TPSA) is 70.5 Å². The molecule has 4 heteroatoms. The Morgan fingerprint density at radius 1 is 0.607 bits per heavy atom. The first-order chi connectivity index (χ1) is 13.6. The number of anilines is 2. The van der Waals surface area contributed by atoms with E-state index >= 15 is 0 Å². The Morgan fingerprint density at radius 3 is 1.54 bits per heavy atom. The van der Waals surface area contributed by atoms with Crippen molar-refractivity contribution in [3.63, 3.8) is 0 Å². The van der Waals surface area contributed by atoms with Crippen LogP contribution < -0.4 is 20.9 Å². The molecule has 0 spiro atoms. The lowest BCUT2D eigenvalue weighted by Gasteiger charge is -2.32. The molecule has 0 atom stereocenters. The number of nitrogen functional groups attached to an aromatic ring is 2. The first-order valence-electron chi connectivity index (χ1n) is 9.15. The molecule has 1 aliphatic rings. The average molecular weight is 370 g/mol. The fourth-order valence-corrected chi connectivity index (χ4v) is 3.09. The van der Waals surface area contributed by atoms with Gasteiger partial charge in [-0.25, -0.2) is 0 Å². The van der Waals surface area contributed by atoms with Gasteiger partial charge < -0.3 is 20.9 Å². The molecule has 3 aromatic carbocycles. The molecule has 1 aliphatic carbocycles. The van der Waals surface area contributed by atoms with Crippen LogP contribution in [-0.4, -0.2) is 5.79 Å². The van der Waals surface area contributed by atoms with Crippen molar-refractivity contribution in [3.8, 4) is 11.5 Å². The number of ether oxygens (including phenoxy) is 2. The van der Waals surface area contributed by atoms with Gasteiger partial charge in [0.1, 0.15) is 11.5 Å². The summed E-state index contributed by atoms with van der Waals surface area (Å²) in [6, 6.07) is 24.8. The normalized spacial score (nSPS) is 15.3. The maximum atomic E-state index is 6.23. The Hall–Kier alpha value is -3.66. The first kappa shape index (κ1) is 17.7. The van der Waals surface area contributed by atoms with Crippen LogP contribution >= 0.6 is 0 Å². The minimum Gasteiger partial charge on any atom is -0.445 e. The third-order valence-corrected chi connectivity index (χ3v) is 4.57. The maximum Gasteiger partial charge on any atom is 0.291 e. The van der Waals surface area contributed by atoms with Gasteiger partial charge in [0.05, 0.1) is 0 Å². The molecule has 4 nitrogen and oxygen atoms in total. The molecule has 0 unspecified atom stereocenters. The Morgan fingerprint density at radius 2 is 1.07 bits per heavy atom. The third kappa shape index (κ3) is 4.01. The molecule has 0 fully saturated rings. The van der Waals surface area contributed by atoms with Gasteiger partial charge in [-0.15, -0.1) is 0 Å². The van der Waals surface area contributed by atoms with E-state index in [0.717, 1.165) is 0 Å². The van der Waals surface area contributed by atoms with E-state index in [1.165, 1.54) is 5.56 Å². The largest absolute Gasteiger partial charge is 0.445 e. The summed E-state index contributed by atoms with van der Waals surface area (Å²) < 4.78 is 12.5. The number of allylic oxidation sites excluding steroid dienone is 2. The Balaban J connectivity index is 1.63. The second-order valence-corrected chi connectivity index (χ2v) is 6.72. The van der Waals surface area contributed by atoms with Crippen molar-refractivity contribution < 1.29 is 9.47 Å². The van der Waals surface area contributed by atoms with Crippen molar-refractivity contribution in [2.45, 2.75) is 11.7 Å². The molecule has 0 saturated heterocycles. The molecule has 140 valence electrons. The van der Waals surface area contributed by atoms with Crippen molar-refractivity contribution in [3.05, 3.63) is 109 Å². The van der Waals surface area contributed by atoms with E-state index in [4.69, 9.17) is 20.9 Å². The molecule has 4 N–H and O–H groups in total. The summed E-state index contributed by atoms with van der Waals surface area (Å²) in [6.07, 6.45) is 8.06. The van der Waals surface area contributed by atoms with Crippen LogP contribution in [0.15, 0.2) is 103 Å². The zero-order valence-electron chi connectivity index (χ0n) is 15.4. The van der Waals surface area contributed by atoms with E-state index in [-0.39, 0.29) is 5.92 Å². The SMILES string of the molecule is Nc1ccc(OC2(Oc3ccc(N)cc3)C=CC(c3ccccc3)C=C2)cc1. The van der Waals surface area contributed by atoms with Gasteiger partial charge >= 0.3 is 0 Å². The van der Waals surface area contributed by atoms with Gasteiger partial charge in [-0.1, -0.05) is 42.5 Å². The minimum atomic E-state index is -1.06.